The van der Waals surface area contributed by atoms with Crippen molar-refractivity contribution in [2.75, 3.05) is 11.4 Å². The molecule has 0 aliphatic carbocycles. The number of hydrogen-bond donors (Lipinski definition) is 1. The predicted octanol–water partition coefficient (Wildman–Crippen LogP) is 3.84. The van der Waals surface area contributed by atoms with Gasteiger partial charge in [0.15, 0.2) is 10.8 Å². The van der Waals surface area contributed by atoms with Gasteiger partial charge in [0.25, 0.3) is 0 Å². The van der Waals surface area contributed by atoms with Crippen LogP contribution in [0.5, 0.6) is 0 Å². The molecular weight excluding hydrogens is 332 g/mol. The molecule has 1 unspecified atom stereocenters. The molecule has 0 spiro atoms. The maximum atomic E-state index is 12.0. The van der Waals surface area contributed by atoms with Crippen LogP contribution in [0.25, 0.3) is 21.6 Å². The number of carbonyl (C=O) groups is 1. The zero-order valence-corrected chi connectivity index (χ0v) is 14.9. The first kappa shape index (κ1) is 16.0. The molecule has 1 fully saturated rings. The lowest BCUT2D eigenvalue weighted by Gasteiger charge is -2.32. The molecule has 1 atom stereocenters. The molecule has 1 aromatic carbocycles. The first-order valence-corrected chi connectivity index (χ1v) is 9.38. The number of thiazole rings is 1. The topological polar surface area (TPSA) is 72.1 Å². The quantitative estimate of drug-likeness (QED) is 0.777. The molecule has 5 nitrogen and oxygen atoms in total. The van der Waals surface area contributed by atoms with Gasteiger partial charge in [-0.15, -0.1) is 0 Å². The molecule has 2 N–H and O–H groups in total. The Bertz CT molecular complexity index is 922. The molecule has 1 amide bonds. The number of carbonyl (C=O) groups excluding carboxylic acids is 1. The number of aromatic nitrogens is 2. The van der Waals surface area contributed by atoms with Gasteiger partial charge in [0.2, 0.25) is 5.91 Å². The molecule has 6 heteroatoms. The molecule has 1 aliphatic heterocycles. The molecule has 0 radical (unpaired) electrons. The highest BCUT2D eigenvalue weighted by Crippen LogP contribution is 2.35. The van der Waals surface area contributed by atoms with Crippen molar-refractivity contribution in [3.8, 4) is 11.3 Å². The second-order valence-corrected chi connectivity index (χ2v) is 7.45. The first-order valence-electron chi connectivity index (χ1n) is 8.57. The van der Waals surface area contributed by atoms with Crippen molar-refractivity contribution in [2.45, 2.75) is 32.2 Å². The minimum Gasteiger partial charge on any atom is -0.366 e. The van der Waals surface area contributed by atoms with Crippen molar-refractivity contribution in [1.82, 2.24) is 9.97 Å². The van der Waals surface area contributed by atoms with Gasteiger partial charge in [0.05, 0.1) is 16.0 Å². The number of primary amides is 1. The van der Waals surface area contributed by atoms with Crippen LogP contribution in [-0.2, 0) is 0 Å². The van der Waals surface area contributed by atoms with E-state index in [1.807, 2.05) is 30.3 Å². The van der Waals surface area contributed by atoms with Crippen LogP contribution in [0.15, 0.2) is 36.4 Å². The van der Waals surface area contributed by atoms with Crippen LogP contribution in [0.3, 0.4) is 0 Å². The number of pyridine rings is 1. The minimum absolute atomic E-state index is 0.438. The second-order valence-electron chi connectivity index (χ2n) is 6.47. The van der Waals surface area contributed by atoms with E-state index in [1.165, 1.54) is 30.6 Å². The maximum Gasteiger partial charge on any atom is 0.250 e. The molecule has 0 saturated carbocycles. The van der Waals surface area contributed by atoms with E-state index in [4.69, 9.17) is 15.7 Å². The van der Waals surface area contributed by atoms with Gasteiger partial charge >= 0.3 is 0 Å². The van der Waals surface area contributed by atoms with Crippen molar-refractivity contribution < 1.29 is 4.79 Å². The van der Waals surface area contributed by atoms with E-state index in [9.17, 15) is 4.79 Å². The fraction of sp³-hybridized carbons (Fsp3) is 0.316. The summed E-state index contributed by atoms with van der Waals surface area (Å²) in [6, 6.07) is 12.0. The van der Waals surface area contributed by atoms with Crippen LogP contribution >= 0.6 is 11.3 Å². The molecule has 3 aromatic rings. The van der Waals surface area contributed by atoms with Crippen molar-refractivity contribution >= 4 is 32.7 Å². The second kappa shape index (κ2) is 6.44. The molecule has 1 aliphatic rings. The highest BCUT2D eigenvalue weighted by Gasteiger charge is 2.24. The third kappa shape index (κ3) is 2.98. The lowest BCUT2D eigenvalue weighted by atomic mass is 10.1. The van der Waals surface area contributed by atoms with Gasteiger partial charge in [-0.1, -0.05) is 41.7 Å². The number of rotatable bonds is 3. The number of piperidine rings is 1. The zero-order chi connectivity index (χ0) is 17.4. The van der Waals surface area contributed by atoms with Crippen LogP contribution in [0.2, 0.25) is 0 Å². The van der Waals surface area contributed by atoms with E-state index in [1.54, 1.807) is 6.07 Å². The van der Waals surface area contributed by atoms with Crippen LogP contribution in [0.1, 0.15) is 36.5 Å². The summed E-state index contributed by atoms with van der Waals surface area (Å²) in [6.07, 6.45) is 3.60. The van der Waals surface area contributed by atoms with Crippen LogP contribution < -0.4 is 10.6 Å². The lowest BCUT2D eigenvalue weighted by molar-refractivity contribution is 0.100. The summed E-state index contributed by atoms with van der Waals surface area (Å²) in [4.78, 5) is 23.8. The number of benzene rings is 1. The average molecular weight is 352 g/mol. The van der Waals surface area contributed by atoms with E-state index < -0.39 is 5.91 Å². The zero-order valence-electron chi connectivity index (χ0n) is 14.1. The summed E-state index contributed by atoms with van der Waals surface area (Å²) in [6.45, 7) is 3.22. The maximum absolute atomic E-state index is 12.0. The van der Waals surface area contributed by atoms with Gasteiger partial charge in [-0.25, -0.2) is 4.98 Å². The number of hydrogen-bond acceptors (Lipinski definition) is 5. The standard InChI is InChI=1S/C19H20N4OS/c1-12-7-5-6-10-23(12)19-22-18-16(25-19)14(17(20)24)11-15(21-18)13-8-3-2-4-9-13/h2-4,8-9,11-12H,5-7,10H2,1H3,(H2,20,24). The van der Waals surface area contributed by atoms with Gasteiger partial charge in [-0.05, 0) is 32.3 Å². The molecule has 4 rings (SSSR count). The Morgan fingerprint density at radius 1 is 1.24 bits per heavy atom. The number of fused-ring (bicyclic) bond motifs is 1. The SMILES string of the molecule is CC1CCCCN1c1nc2nc(-c3ccccc3)cc(C(N)=O)c2s1. The minimum atomic E-state index is -0.438. The summed E-state index contributed by atoms with van der Waals surface area (Å²) < 4.78 is 0.778. The smallest absolute Gasteiger partial charge is 0.250 e. The molecule has 128 valence electrons. The number of anilines is 1. The summed E-state index contributed by atoms with van der Waals surface area (Å²) >= 11 is 1.52. The third-order valence-corrected chi connectivity index (χ3v) is 5.85. The van der Waals surface area contributed by atoms with E-state index in [0.29, 0.717) is 17.3 Å². The predicted molar refractivity (Wildman–Crippen MR) is 102 cm³/mol. The van der Waals surface area contributed by atoms with Crippen molar-refractivity contribution in [3.05, 3.63) is 42.0 Å². The molecule has 3 heterocycles. The molecular formula is C19H20N4OS. The number of nitrogens with zero attached hydrogens (tertiary/aromatic N) is 3. The van der Waals surface area contributed by atoms with Gasteiger partial charge < -0.3 is 10.6 Å². The van der Waals surface area contributed by atoms with Crippen molar-refractivity contribution in [1.29, 1.82) is 0 Å². The monoisotopic (exact) mass is 352 g/mol. The Hall–Kier alpha value is -2.47. The number of amides is 1. The Balaban J connectivity index is 1.85. The summed E-state index contributed by atoms with van der Waals surface area (Å²) in [7, 11) is 0. The van der Waals surface area contributed by atoms with Gasteiger partial charge in [-0.3, -0.25) is 4.79 Å². The van der Waals surface area contributed by atoms with Crippen LogP contribution in [-0.4, -0.2) is 28.5 Å². The van der Waals surface area contributed by atoms with E-state index in [2.05, 4.69) is 11.8 Å². The molecule has 0 bridgehead atoms. The van der Waals surface area contributed by atoms with Gasteiger partial charge in [-0.2, -0.15) is 4.98 Å². The molecule has 25 heavy (non-hydrogen) atoms. The summed E-state index contributed by atoms with van der Waals surface area (Å²) in [5.41, 5.74) is 8.42. The van der Waals surface area contributed by atoms with E-state index in [-0.39, 0.29) is 0 Å². The van der Waals surface area contributed by atoms with E-state index >= 15 is 0 Å². The lowest BCUT2D eigenvalue weighted by Crippen LogP contribution is -2.37. The Morgan fingerprint density at radius 2 is 2.04 bits per heavy atom. The third-order valence-electron chi connectivity index (χ3n) is 4.73. The average Bonchev–Trinajstić information content (AvgIpc) is 3.05. The normalized spacial score (nSPS) is 17.8. The molecule has 2 aromatic heterocycles. The first-order chi connectivity index (χ1) is 12.1. The highest BCUT2D eigenvalue weighted by molar-refractivity contribution is 7.22. The summed E-state index contributed by atoms with van der Waals surface area (Å²) in [5.74, 6) is -0.438. The molecule has 1 saturated heterocycles. The fourth-order valence-electron chi connectivity index (χ4n) is 3.35. The highest BCUT2D eigenvalue weighted by atomic mass is 32.1. The van der Waals surface area contributed by atoms with E-state index in [0.717, 1.165) is 27.6 Å². The fourth-order valence-corrected chi connectivity index (χ4v) is 4.50. The Morgan fingerprint density at radius 3 is 2.76 bits per heavy atom. The van der Waals surface area contributed by atoms with Crippen molar-refractivity contribution in [2.24, 2.45) is 5.73 Å². The van der Waals surface area contributed by atoms with Crippen LogP contribution in [0.4, 0.5) is 5.13 Å². The van der Waals surface area contributed by atoms with Gasteiger partial charge in [0.1, 0.15) is 0 Å². The Kier molecular flexibility index (Phi) is 4.13. The number of nitrogens with two attached hydrogens (primary N) is 1. The van der Waals surface area contributed by atoms with Gasteiger partial charge in [0, 0.05) is 18.2 Å². The largest absolute Gasteiger partial charge is 0.366 e. The summed E-state index contributed by atoms with van der Waals surface area (Å²) in [5, 5.41) is 0.933. The Labute approximate surface area is 150 Å². The van der Waals surface area contributed by atoms with Crippen molar-refractivity contribution in [3.63, 3.8) is 0 Å². The van der Waals surface area contributed by atoms with Crippen LogP contribution in [0, 0.1) is 0 Å².